The zero-order valence-corrected chi connectivity index (χ0v) is 15.4. The van der Waals surface area contributed by atoms with Crippen LogP contribution >= 0.6 is 8.58 Å². The molecule has 1 N–H and O–H groups in total. The highest BCUT2D eigenvalue weighted by Gasteiger charge is 2.00. The number of H-pyrrole nitrogens is 1. The molecule has 0 aliphatic rings. The molecular formula is C24H20NP. The first-order valence-corrected chi connectivity index (χ1v) is 9.73. The van der Waals surface area contributed by atoms with Crippen molar-refractivity contribution < 1.29 is 0 Å². The minimum atomic E-state index is 0.777. The molecule has 126 valence electrons. The van der Waals surface area contributed by atoms with Gasteiger partial charge < -0.3 is 4.98 Å². The zero-order valence-electron chi connectivity index (χ0n) is 14.4. The van der Waals surface area contributed by atoms with Gasteiger partial charge in [0.2, 0.25) is 0 Å². The fourth-order valence-corrected chi connectivity index (χ4v) is 4.06. The summed E-state index contributed by atoms with van der Waals surface area (Å²) in [5.74, 6) is 0. The van der Waals surface area contributed by atoms with Crippen molar-refractivity contribution in [2.75, 3.05) is 0 Å². The summed E-state index contributed by atoms with van der Waals surface area (Å²) < 4.78 is 0. The van der Waals surface area contributed by atoms with Crippen LogP contribution in [0.5, 0.6) is 0 Å². The van der Waals surface area contributed by atoms with Crippen LogP contribution in [0.25, 0.3) is 21.8 Å². The highest BCUT2D eigenvalue weighted by atomic mass is 31.1. The third-order valence-electron chi connectivity index (χ3n) is 4.25. The summed E-state index contributed by atoms with van der Waals surface area (Å²) in [6.45, 7) is 0. The summed E-state index contributed by atoms with van der Waals surface area (Å²) in [5, 5.41) is 5.40. The molecule has 0 unspecified atom stereocenters. The predicted molar refractivity (Wildman–Crippen MR) is 116 cm³/mol. The Bertz CT molecular complexity index is 1010. The van der Waals surface area contributed by atoms with Crippen molar-refractivity contribution in [1.82, 2.24) is 4.98 Å². The number of para-hydroxylation sites is 2. The molecule has 1 heterocycles. The topological polar surface area (TPSA) is 15.8 Å². The molecule has 0 radical (unpaired) electrons. The van der Waals surface area contributed by atoms with Gasteiger partial charge in [0, 0.05) is 21.8 Å². The SMILES string of the molecule is c1ccc(Pc2ccccc2)cc1.c1ccc2c(c1)[nH]c1ccccc12. The maximum Gasteiger partial charge on any atom is 0.0464 e. The van der Waals surface area contributed by atoms with Crippen molar-refractivity contribution in [3.63, 3.8) is 0 Å². The molecule has 0 amide bonds. The van der Waals surface area contributed by atoms with E-state index in [1.165, 1.54) is 32.4 Å². The molecule has 0 bridgehead atoms. The van der Waals surface area contributed by atoms with Gasteiger partial charge in [0.25, 0.3) is 0 Å². The lowest BCUT2D eigenvalue weighted by Gasteiger charge is -2.00. The molecular weight excluding hydrogens is 333 g/mol. The molecule has 26 heavy (non-hydrogen) atoms. The first-order valence-electron chi connectivity index (χ1n) is 8.73. The van der Waals surface area contributed by atoms with E-state index in [1.54, 1.807) is 0 Å². The third kappa shape index (κ3) is 3.85. The Kier molecular flexibility index (Phi) is 5.09. The van der Waals surface area contributed by atoms with Gasteiger partial charge in [0.05, 0.1) is 0 Å². The second-order valence-corrected chi connectivity index (χ2v) is 7.48. The monoisotopic (exact) mass is 353 g/mol. The Morgan fingerprint density at radius 3 is 1.27 bits per heavy atom. The summed E-state index contributed by atoms with van der Waals surface area (Å²) in [7, 11) is 0.777. The number of hydrogen-bond acceptors (Lipinski definition) is 0. The molecule has 4 aromatic carbocycles. The van der Waals surface area contributed by atoms with E-state index in [9.17, 15) is 0 Å². The summed E-state index contributed by atoms with van der Waals surface area (Å²) >= 11 is 0. The Morgan fingerprint density at radius 2 is 0.808 bits per heavy atom. The standard InChI is InChI=1S/C12H9N.C12H11P/c1-3-7-11-9(5-1)10-6-2-4-8-12(10)13-11;1-3-7-11(8-4-1)13-12-9-5-2-6-10-12/h1-8,13H;1-10,13H. The number of nitrogens with one attached hydrogen (secondary N) is 1. The molecule has 2 heteroatoms. The van der Waals surface area contributed by atoms with E-state index in [-0.39, 0.29) is 0 Å². The predicted octanol–water partition coefficient (Wildman–Crippen LogP) is 5.64. The minimum absolute atomic E-state index is 0.777. The summed E-state index contributed by atoms with van der Waals surface area (Å²) in [4.78, 5) is 3.38. The van der Waals surface area contributed by atoms with Crippen LogP contribution in [0.4, 0.5) is 0 Å². The molecule has 0 saturated carbocycles. The van der Waals surface area contributed by atoms with Gasteiger partial charge in [-0.15, -0.1) is 0 Å². The molecule has 0 fully saturated rings. The average Bonchev–Trinajstić information content (AvgIpc) is 3.09. The van der Waals surface area contributed by atoms with Gasteiger partial charge >= 0.3 is 0 Å². The van der Waals surface area contributed by atoms with Crippen LogP contribution in [-0.2, 0) is 0 Å². The minimum Gasteiger partial charge on any atom is -0.355 e. The van der Waals surface area contributed by atoms with E-state index in [4.69, 9.17) is 0 Å². The average molecular weight is 353 g/mol. The zero-order chi connectivity index (χ0) is 17.6. The highest BCUT2D eigenvalue weighted by molar-refractivity contribution is 7.55. The van der Waals surface area contributed by atoms with Crippen molar-refractivity contribution in [1.29, 1.82) is 0 Å². The lowest BCUT2D eigenvalue weighted by Crippen LogP contribution is -2.01. The van der Waals surface area contributed by atoms with Crippen molar-refractivity contribution in [3.05, 3.63) is 109 Å². The number of aromatic amines is 1. The highest BCUT2D eigenvalue weighted by Crippen LogP contribution is 2.24. The number of aromatic nitrogens is 1. The quantitative estimate of drug-likeness (QED) is 0.396. The number of rotatable bonds is 2. The van der Waals surface area contributed by atoms with Gasteiger partial charge in [-0.25, -0.2) is 0 Å². The van der Waals surface area contributed by atoms with Crippen LogP contribution in [0.2, 0.25) is 0 Å². The molecule has 0 aliphatic carbocycles. The molecule has 5 rings (SSSR count). The van der Waals surface area contributed by atoms with Crippen LogP contribution in [0, 0.1) is 0 Å². The van der Waals surface area contributed by atoms with Crippen LogP contribution in [0.3, 0.4) is 0 Å². The van der Waals surface area contributed by atoms with Gasteiger partial charge in [0.15, 0.2) is 0 Å². The van der Waals surface area contributed by atoms with Gasteiger partial charge in [-0.3, -0.25) is 0 Å². The normalized spacial score (nSPS) is 10.5. The second kappa shape index (κ2) is 7.99. The van der Waals surface area contributed by atoms with Crippen molar-refractivity contribution in [2.24, 2.45) is 0 Å². The van der Waals surface area contributed by atoms with Crippen molar-refractivity contribution in [2.45, 2.75) is 0 Å². The van der Waals surface area contributed by atoms with Crippen molar-refractivity contribution >= 4 is 41.0 Å². The number of hydrogen-bond donors (Lipinski definition) is 1. The largest absolute Gasteiger partial charge is 0.355 e. The Labute approximate surface area is 155 Å². The summed E-state index contributed by atoms with van der Waals surface area (Å²) in [5.41, 5.74) is 2.42. The van der Waals surface area contributed by atoms with E-state index in [2.05, 4.69) is 114 Å². The second-order valence-electron chi connectivity index (χ2n) is 6.07. The molecule has 1 nitrogen and oxygen atoms in total. The summed E-state index contributed by atoms with van der Waals surface area (Å²) in [6.07, 6.45) is 0. The van der Waals surface area contributed by atoms with E-state index in [0.717, 1.165) is 8.58 Å². The van der Waals surface area contributed by atoms with Crippen LogP contribution < -0.4 is 10.6 Å². The van der Waals surface area contributed by atoms with Gasteiger partial charge in [0.1, 0.15) is 0 Å². The molecule has 0 aliphatic heterocycles. The first kappa shape index (κ1) is 16.6. The smallest absolute Gasteiger partial charge is 0.0464 e. The molecule has 0 atom stereocenters. The maximum atomic E-state index is 3.38. The van der Waals surface area contributed by atoms with Gasteiger partial charge in [-0.05, 0) is 22.7 Å². The Morgan fingerprint density at radius 1 is 0.423 bits per heavy atom. The maximum absolute atomic E-state index is 3.38. The van der Waals surface area contributed by atoms with E-state index in [1.807, 2.05) is 0 Å². The third-order valence-corrected chi connectivity index (χ3v) is 5.49. The Hall–Kier alpha value is -2.89. The van der Waals surface area contributed by atoms with E-state index >= 15 is 0 Å². The lowest BCUT2D eigenvalue weighted by molar-refractivity contribution is 1.55. The van der Waals surface area contributed by atoms with Crippen LogP contribution in [-0.4, -0.2) is 4.98 Å². The number of fused-ring (bicyclic) bond motifs is 3. The van der Waals surface area contributed by atoms with Crippen LogP contribution in [0.1, 0.15) is 0 Å². The number of benzene rings is 4. The van der Waals surface area contributed by atoms with E-state index in [0.29, 0.717) is 0 Å². The molecule has 0 saturated heterocycles. The van der Waals surface area contributed by atoms with Gasteiger partial charge in [-0.1, -0.05) is 106 Å². The van der Waals surface area contributed by atoms with Crippen molar-refractivity contribution in [3.8, 4) is 0 Å². The molecule has 5 aromatic rings. The molecule has 1 aromatic heterocycles. The van der Waals surface area contributed by atoms with E-state index < -0.39 is 0 Å². The lowest BCUT2D eigenvalue weighted by atomic mass is 10.2. The van der Waals surface area contributed by atoms with Crippen LogP contribution in [0.15, 0.2) is 109 Å². The summed E-state index contributed by atoms with van der Waals surface area (Å²) in [6, 6.07) is 37.9. The first-order chi connectivity index (χ1) is 12.9. The molecule has 0 spiro atoms. The fraction of sp³-hybridized carbons (Fsp3) is 0. The fourth-order valence-electron chi connectivity index (χ4n) is 3.01. The van der Waals surface area contributed by atoms with Gasteiger partial charge in [-0.2, -0.15) is 0 Å². The Balaban J connectivity index is 0.000000129.